The molecule has 2 aromatic carbocycles. The maximum absolute atomic E-state index is 15.0. The van der Waals surface area contributed by atoms with Crippen molar-refractivity contribution < 1.29 is 29.0 Å². The zero-order chi connectivity index (χ0) is 34.1. The van der Waals surface area contributed by atoms with E-state index in [-0.39, 0.29) is 49.9 Å². The molecule has 0 saturated carbocycles. The van der Waals surface area contributed by atoms with Crippen LogP contribution in [-0.4, -0.2) is 77.8 Å². The van der Waals surface area contributed by atoms with E-state index in [0.717, 1.165) is 16.8 Å². The predicted octanol–water partition coefficient (Wildman–Crippen LogP) is 5.22. The fourth-order valence-electron chi connectivity index (χ4n) is 8.13. The molecule has 47 heavy (non-hydrogen) atoms. The predicted molar refractivity (Wildman–Crippen MR) is 183 cm³/mol. The fraction of sp³-hybridized carbons (Fsp3) is 0.500. The number of hydrogen-bond donors (Lipinski definition) is 1. The summed E-state index contributed by atoms with van der Waals surface area (Å²) in [6.07, 6.45) is 4.83. The molecule has 5 rings (SSSR count). The molecule has 3 aliphatic heterocycles. The molecule has 2 bridgehead atoms. The summed E-state index contributed by atoms with van der Waals surface area (Å²) in [6.45, 7) is 18.9. The Labute approximate surface area is 278 Å². The van der Waals surface area contributed by atoms with Gasteiger partial charge in [0.15, 0.2) is 0 Å². The van der Waals surface area contributed by atoms with E-state index in [2.05, 4.69) is 13.2 Å². The highest BCUT2D eigenvalue weighted by Crippen LogP contribution is 2.65. The number of amides is 3. The summed E-state index contributed by atoms with van der Waals surface area (Å²) < 4.78 is 12.6. The molecule has 0 aliphatic carbocycles. The Morgan fingerprint density at radius 1 is 1.06 bits per heavy atom. The molecule has 0 aromatic heterocycles. The SMILES string of the molecule is C=CCN(C(=O)[C@H]1[C@H]2C(=O)N(CCCCO)C(C(=O)N(CC=C)c3cc(C)ccc3C)C23CC(C)[C@]1(C)O3)c1ccc(OCC)cc1. The summed E-state index contributed by atoms with van der Waals surface area (Å²) in [5.41, 5.74) is 1.18. The van der Waals surface area contributed by atoms with E-state index >= 15 is 0 Å². The number of nitrogens with zero attached hydrogens (tertiary/aromatic N) is 3. The lowest BCUT2D eigenvalue weighted by molar-refractivity contribution is -0.145. The molecule has 9 nitrogen and oxygen atoms in total. The number of hydrogen-bond acceptors (Lipinski definition) is 6. The van der Waals surface area contributed by atoms with Gasteiger partial charge >= 0.3 is 0 Å². The third-order valence-corrected chi connectivity index (χ3v) is 10.4. The minimum Gasteiger partial charge on any atom is -0.494 e. The molecule has 3 fully saturated rings. The fourth-order valence-corrected chi connectivity index (χ4v) is 8.13. The first kappa shape index (κ1) is 34.4. The van der Waals surface area contributed by atoms with Crippen LogP contribution in [-0.2, 0) is 19.1 Å². The van der Waals surface area contributed by atoms with E-state index in [1.165, 1.54) is 0 Å². The molecule has 3 aliphatic rings. The number of aliphatic hydroxyl groups excluding tert-OH is 1. The highest BCUT2D eigenvalue weighted by Gasteiger charge is 2.80. The van der Waals surface area contributed by atoms with Crippen molar-refractivity contribution >= 4 is 29.1 Å². The van der Waals surface area contributed by atoms with Crippen molar-refractivity contribution in [3.8, 4) is 5.75 Å². The highest BCUT2D eigenvalue weighted by atomic mass is 16.5. The van der Waals surface area contributed by atoms with E-state index < -0.39 is 29.1 Å². The lowest BCUT2D eigenvalue weighted by atomic mass is 9.62. The van der Waals surface area contributed by atoms with Gasteiger partial charge in [-0.05, 0) is 94.3 Å². The molecule has 252 valence electrons. The number of ether oxygens (including phenoxy) is 2. The number of carbonyl (C=O) groups is 3. The molecule has 3 saturated heterocycles. The van der Waals surface area contributed by atoms with Gasteiger partial charge in [0.05, 0.1) is 24.0 Å². The number of anilines is 2. The molecule has 1 N–H and O–H groups in total. The van der Waals surface area contributed by atoms with Crippen molar-refractivity contribution in [3.63, 3.8) is 0 Å². The van der Waals surface area contributed by atoms with Gasteiger partial charge in [-0.3, -0.25) is 14.4 Å². The maximum Gasteiger partial charge on any atom is 0.253 e. The summed E-state index contributed by atoms with van der Waals surface area (Å²) in [7, 11) is 0. The Morgan fingerprint density at radius 3 is 2.38 bits per heavy atom. The molecule has 3 heterocycles. The molecular formula is C38H49N3O6. The molecule has 2 aromatic rings. The topological polar surface area (TPSA) is 99.6 Å². The Kier molecular flexibility index (Phi) is 9.99. The molecule has 0 radical (unpaired) electrons. The Bertz CT molecular complexity index is 1520. The minimum absolute atomic E-state index is 0.0222. The number of fused-ring (bicyclic) bond motifs is 1. The average Bonchev–Trinajstić information content (AvgIpc) is 3.56. The van der Waals surface area contributed by atoms with Crippen LogP contribution >= 0.6 is 0 Å². The summed E-state index contributed by atoms with van der Waals surface area (Å²) in [4.78, 5) is 49.5. The van der Waals surface area contributed by atoms with Crippen LogP contribution in [0.25, 0.3) is 0 Å². The third kappa shape index (κ3) is 5.78. The molecule has 3 unspecified atom stereocenters. The van der Waals surface area contributed by atoms with Crippen molar-refractivity contribution in [3.05, 3.63) is 78.9 Å². The van der Waals surface area contributed by atoms with E-state index in [9.17, 15) is 19.5 Å². The number of likely N-dealkylation sites (tertiary alicyclic amines) is 1. The number of aliphatic hydroxyl groups is 1. The van der Waals surface area contributed by atoms with Crippen molar-refractivity contribution in [2.24, 2.45) is 17.8 Å². The third-order valence-electron chi connectivity index (χ3n) is 10.4. The van der Waals surface area contributed by atoms with Gasteiger partial charge in [-0.25, -0.2) is 0 Å². The van der Waals surface area contributed by atoms with Gasteiger partial charge in [0.1, 0.15) is 17.4 Å². The van der Waals surface area contributed by atoms with Crippen LogP contribution in [0.1, 0.15) is 51.2 Å². The molecular weight excluding hydrogens is 594 g/mol. The normalized spacial score (nSPS) is 27.4. The Morgan fingerprint density at radius 2 is 1.74 bits per heavy atom. The number of carbonyl (C=O) groups excluding carboxylic acids is 3. The summed E-state index contributed by atoms with van der Waals surface area (Å²) >= 11 is 0. The standard InChI is InChI=1S/C38H49N3O6/c1-8-19-39(28-15-17-29(18-16-28)46-10-3)34(43)31-32-35(44)41(21-11-12-22-42)33(38(32)24-27(6)37(31,7)47-38)36(45)40(20-9-2)30-23-25(4)13-14-26(30)5/h8-9,13-18,23,27,31-33,42H,1-2,10-12,19-22,24H2,3-7H3/t27?,31-,32+,33?,37+,38?/m1/s1. The van der Waals surface area contributed by atoms with Crippen molar-refractivity contribution in [2.75, 3.05) is 42.6 Å². The number of benzene rings is 2. The number of aryl methyl sites for hydroxylation is 2. The first-order valence-electron chi connectivity index (χ1n) is 16.7. The molecule has 6 atom stereocenters. The van der Waals surface area contributed by atoms with Crippen LogP contribution in [0.3, 0.4) is 0 Å². The second-order valence-corrected chi connectivity index (χ2v) is 13.4. The lowest BCUT2D eigenvalue weighted by Gasteiger charge is -2.39. The summed E-state index contributed by atoms with van der Waals surface area (Å²) in [5, 5.41) is 9.58. The van der Waals surface area contributed by atoms with Gasteiger partial charge in [-0.2, -0.15) is 0 Å². The van der Waals surface area contributed by atoms with Gasteiger partial charge in [0, 0.05) is 37.6 Å². The number of rotatable bonds is 14. The average molecular weight is 644 g/mol. The first-order chi connectivity index (χ1) is 22.5. The van der Waals surface area contributed by atoms with Crippen LogP contribution in [0, 0.1) is 31.6 Å². The molecule has 9 heteroatoms. The van der Waals surface area contributed by atoms with Gasteiger partial charge in [-0.15, -0.1) is 13.2 Å². The van der Waals surface area contributed by atoms with Crippen LogP contribution in [0.5, 0.6) is 5.75 Å². The lowest BCUT2D eigenvalue weighted by Crippen LogP contribution is -2.57. The quantitative estimate of drug-likeness (QED) is 0.224. The smallest absolute Gasteiger partial charge is 0.253 e. The second-order valence-electron chi connectivity index (χ2n) is 13.4. The van der Waals surface area contributed by atoms with E-state index in [0.29, 0.717) is 37.3 Å². The maximum atomic E-state index is 15.0. The highest BCUT2D eigenvalue weighted by molar-refractivity contribution is 6.07. The summed E-state index contributed by atoms with van der Waals surface area (Å²) in [6, 6.07) is 12.3. The van der Waals surface area contributed by atoms with Crippen molar-refractivity contribution in [1.82, 2.24) is 4.90 Å². The van der Waals surface area contributed by atoms with Gasteiger partial charge in [0.2, 0.25) is 11.8 Å². The summed E-state index contributed by atoms with van der Waals surface area (Å²) in [5.74, 6) is -1.81. The number of unbranched alkanes of at least 4 members (excludes halogenated alkanes) is 1. The van der Waals surface area contributed by atoms with Crippen LogP contribution in [0.2, 0.25) is 0 Å². The van der Waals surface area contributed by atoms with Crippen LogP contribution in [0.15, 0.2) is 67.8 Å². The monoisotopic (exact) mass is 643 g/mol. The Balaban J connectivity index is 1.60. The molecule has 1 spiro atoms. The molecule has 3 amide bonds. The van der Waals surface area contributed by atoms with Crippen LogP contribution in [0.4, 0.5) is 11.4 Å². The first-order valence-corrected chi connectivity index (χ1v) is 16.7. The van der Waals surface area contributed by atoms with Gasteiger partial charge in [0.25, 0.3) is 5.91 Å². The largest absolute Gasteiger partial charge is 0.494 e. The minimum atomic E-state index is -1.20. The zero-order valence-electron chi connectivity index (χ0n) is 28.4. The van der Waals surface area contributed by atoms with Crippen molar-refractivity contribution in [2.45, 2.75) is 71.1 Å². The zero-order valence-corrected chi connectivity index (χ0v) is 28.4. The van der Waals surface area contributed by atoms with E-state index in [4.69, 9.17) is 9.47 Å². The van der Waals surface area contributed by atoms with E-state index in [1.54, 1.807) is 26.9 Å². The second kappa shape index (κ2) is 13.6. The van der Waals surface area contributed by atoms with Gasteiger partial charge in [-0.1, -0.05) is 31.2 Å². The van der Waals surface area contributed by atoms with Gasteiger partial charge < -0.3 is 29.3 Å². The Hall–Kier alpha value is -3.95. The van der Waals surface area contributed by atoms with Crippen molar-refractivity contribution in [1.29, 1.82) is 0 Å². The van der Waals surface area contributed by atoms with Crippen LogP contribution < -0.4 is 14.5 Å². The van der Waals surface area contributed by atoms with E-state index in [1.807, 2.05) is 77.1 Å².